The van der Waals surface area contributed by atoms with Crippen molar-refractivity contribution in [3.8, 4) is 0 Å². The number of fused-ring (bicyclic) bond motifs is 5. The fourth-order valence-corrected chi connectivity index (χ4v) is 7.85. The topological polar surface area (TPSA) is 196 Å². The molecular formula is C23H26Br4N10O3+2. The van der Waals surface area contributed by atoms with Crippen LogP contribution >= 0.6 is 63.7 Å². The molecule has 0 aromatic carbocycles. The zero-order chi connectivity index (χ0) is 28.5. The molecule has 5 heterocycles. The Balaban J connectivity index is 1.32. The molecule has 0 unspecified atom stereocenters. The van der Waals surface area contributed by atoms with Gasteiger partial charge in [-0.1, -0.05) is 0 Å². The number of carbonyl (C=O) groups is 2. The van der Waals surface area contributed by atoms with Gasteiger partial charge in [0.05, 0.1) is 25.6 Å². The van der Waals surface area contributed by atoms with Crippen molar-refractivity contribution in [1.82, 2.24) is 30.5 Å². The molecule has 0 spiro atoms. The summed E-state index contributed by atoms with van der Waals surface area (Å²) >= 11 is 14.0. The molecule has 0 radical (unpaired) electrons. The zero-order valence-electron chi connectivity index (χ0n) is 20.9. The number of ether oxygens (including phenoxy) is 1. The number of guanidine groups is 1. The summed E-state index contributed by atoms with van der Waals surface area (Å²) < 4.78 is 11.2. The van der Waals surface area contributed by atoms with Crippen LogP contribution in [0, 0.1) is 0 Å². The normalized spacial score (nSPS) is 26.5. The highest BCUT2D eigenvalue weighted by molar-refractivity contribution is 9.13. The maximum Gasteiger partial charge on any atom is 0.350 e. The second-order valence-corrected chi connectivity index (χ2v) is 13.2. The van der Waals surface area contributed by atoms with Crippen molar-refractivity contribution in [3.05, 3.63) is 53.1 Å². The number of aromatic nitrogens is 4. The standard InChI is InChI=1S/C23H24Br4N10O3/c1-40-23-12(13-9(32-21(28)34-13)3-2-4-30-19(38)10-5-7(24)17(26)31-10)15-14(16(23)35-22(29)36-23)33-20(39)11-6-8(25)18(27)37(11)15/h5-6,12,14-16,31H,2-4H2,1H3,(H,30,38)(H,33,39)(H3,28,32,34)(H3,29,35,36)/p+2/t12-,14-,15-,16+,23+/m1/s1. The number of nitrogens with two attached hydrogens (primary N) is 2. The molecule has 3 aromatic heterocycles. The lowest BCUT2D eigenvalue weighted by atomic mass is 9.89. The van der Waals surface area contributed by atoms with Crippen molar-refractivity contribution >= 4 is 87.4 Å². The Morgan fingerprint density at radius 2 is 1.98 bits per heavy atom. The zero-order valence-corrected chi connectivity index (χ0v) is 27.3. The van der Waals surface area contributed by atoms with Crippen LogP contribution in [0.5, 0.6) is 0 Å². The summed E-state index contributed by atoms with van der Waals surface area (Å²) in [5, 5.41) is 9.44. The molecule has 3 aromatic rings. The Morgan fingerprint density at radius 3 is 2.67 bits per heavy atom. The van der Waals surface area contributed by atoms with E-state index in [1.807, 2.05) is 4.57 Å². The lowest BCUT2D eigenvalue weighted by Crippen LogP contribution is -2.85. The van der Waals surface area contributed by atoms with E-state index in [0.29, 0.717) is 47.3 Å². The number of nitrogens with one attached hydrogen (secondary N) is 7. The van der Waals surface area contributed by atoms with Crippen molar-refractivity contribution in [2.75, 3.05) is 19.4 Å². The summed E-state index contributed by atoms with van der Waals surface area (Å²) in [5.74, 6) is -0.0247. The highest BCUT2D eigenvalue weighted by atomic mass is 79.9. The number of anilines is 1. The fraction of sp³-hybridized carbons (Fsp3) is 0.391. The Morgan fingerprint density at radius 1 is 1.20 bits per heavy atom. The van der Waals surface area contributed by atoms with Gasteiger partial charge in [-0.2, -0.15) is 0 Å². The smallest absolute Gasteiger partial charge is 0.350 e. The minimum absolute atomic E-state index is 0.194. The van der Waals surface area contributed by atoms with Gasteiger partial charge in [0.25, 0.3) is 11.8 Å². The Hall–Kier alpha value is -2.34. The van der Waals surface area contributed by atoms with Crippen LogP contribution in [0.1, 0.15) is 50.7 Å². The summed E-state index contributed by atoms with van der Waals surface area (Å²) in [4.78, 5) is 38.6. The van der Waals surface area contributed by atoms with Crippen LogP contribution in [-0.4, -0.2) is 63.8 Å². The number of amides is 2. The van der Waals surface area contributed by atoms with Crippen LogP contribution < -0.4 is 37.4 Å². The number of nitrogens with zero attached hydrogens (tertiary/aromatic N) is 1. The predicted octanol–water partition coefficient (Wildman–Crippen LogP) is 0.114. The number of aromatic amines is 3. The number of nitrogen functional groups attached to an aromatic ring is 1. The molecule has 2 amide bonds. The number of hydrogen-bond acceptors (Lipinski definition) is 6. The lowest BCUT2D eigenvalue weighted by Gasteiger charge is -2.34. The summed E-state index contributed by atoms with van der Waals surface area (Å²) in [6, 6.07) is 2.48. The Labute approximate surface area is 261 Å². The van der Waals surface area contributed by atoms with Gasteiger partial charge in [-0.15, -0.1) is 0 Å². The molecular weight excluding hydrogens is 784 g/mol. The maximum absolute atomic E-state index is 13.1. The quantitative estimate of drug-likeness (QED) is 0.156. The van der Waals surface area contributed by atoms with Crippen LogP contribution in [0.3, 0.4) is 0 Å². The maximum atomic E-state index is 13.1. The van der Waals surface area contributed by atoms with E-state index >= 15 is 0 Å². The van der Waals surface area contributed by atoms with Crippen molar-refractivity contribution in [2.24, 2.45) is 5.73 Å². The van der Waals surface area contributed by atoms with E-state index in [1.54, 1.807) is 19.2 Å². The molecule has 5 atom stereocenters. The first kappa shape index (κ1) is 27.8. The number of methoxy groups -OCH3 is 1. The third kappa shape index (κ3) is 4.23. The third-order valence-electron chi connectivity index (χ3n) is 7.78. The molecule has 17 heteroatoms. The molecule has 3 aliphatic rings. The van der Waals surface area contributed by atoms with E-state index in [1.165, 1.54) is 0 Å². The van der Waals surface area contributed by atoms with E-state index in [4.69, 9.17) is 16.2 Å². The van der Waals surface area contributed by atoms with Crippen LogP contribution in [-0.2, 0) is 11.2 Å². The fourth-order valence-electron chi connectivity index (χ4n) is 6.25. The molecule has 212 valence electrons. The molecule has 6 rings (SSSR count). The molecule has 40 heavy (non-hydrogen) atoms. The van der Waals surface area contributed by atoms with E-state index in [9.17, 15) is 9.59 Å². The first-order chi connectivity index (χ1) is 19.1. The highest BCUT2D eigenvalue weighted by Gasteiger charge is 2.71. The SMILES string of the molecule is CO[C@]12NC(N)=[NH+][C@H]1[C@@H]1NC(=O)c3cc(Br)c(Br)n3[C@@H]1[C@H]2c1[nH+]c(N)[nH]c1CCCNC(=O)c1cc(Br)c(Br)[nH]1. The van der Waals surface area contributed by atoms with Gasteiger partial charge in [0.2, 0.25) is 5.72 Å². The van der Waals surface area contributed by atoms with Crippen molar-refractivity contribution in [1.29, 1.82) is 0 Å². The monoisotopic (exact) mass is 806 g/mol. The van der Waals surface area contributed by atoms with Crippen LogP contribution in [0.2, 0.25) is 0 Å². The minimum atomic E-state index is -1.01. The second-order valence-electron chi connectivity index (χ2n) is 9.92. The van der Waals surface area contributed by atoms with E-state index in [0.717, 1.165) is 24.9 Å². The molecule has 1 aliphatic carbocycles. The predicted molar refractivity (Wildman–Crippen MR) is 158 cm³/mol. The van der Waals surface area contributed by atoms with Crippen molar-refractivity contribution < 1.29 is 24.3 Å². The Bertz CT molecular complexity index is 1540. The lowest BCUT2D eigenvalue weighted by molar-refractivity contribution is -0.515. The summed E-state index contributed by atoms with van der Waals surface area (Å²) in [7, 11) is 1.62. The number of hydrogen-bond donors (Lipinski definition) is 8. The van der Waals surface area contributed by atoms with Gasteiger partial charge >= 0.3 is 11.9 Å². The molecule has 13 nitrogen and oxygen atoms in total. The number of halogens is 4. The number of carbonyl (C=O) groups excluding carboxylic acids is 2. The summed E-state index contributed by atoms with van der Waals surface area (Å²) in [6.45, 7) is 0.442. The second kappa shape index (κ2) is 10.2. The van der Waals surface area contributed by atoms with Crippen molar-refractivity contribution in [3.63, 3.8) is 0 Å². The number of H-pyrrole nitrogens is 3. The van der Waals surface area contributed by atoms with Gasteiger partial charge in [0.15, 0.2) is 6.04 Å². The first-order valence-electron chi connectivity index (χ1n) is 12.4. The average Bonchev–Trinajstić information content (AvgIpc) is 3.67. The molecule has 11 N–H and O–H groups in total. The van der Waals surface area contributed by atoms with Gasteiger partial charge < -0.3 is 24.9 Å². The van der Waals surface area contributed by atoms with Crippen LogP contribution in [0.15, 0.2) is 30.3 Å². The van der Waals surface area contributed by atoms with E-state index in [-0.39, 0.29) is 35.9 Å². The largest absolute Gasteiger partial charge is 0.351 e. The van der Waals surface area contributed by atoms with Gasteiger partial charge in [0, 0.05) is 20.1 Å². The molecule has 1 saturated carbocycles. The highest BCUT2D eigenvalue weighted by Crippen LogP contribution is 2.53. The van der Waals surface area contributed by atoms with E-state index in [2.05, 4.69) is 99.6 Å². The van der Waals surface area contributed by atoms with Crippen LogP contribution in [0.4, 0.5) is 5.95 Å². The van der Waals surface area contributed by atoms with Crippen molar-refractivity contribution in [2.45, 2.75) is 42.6 Å². The number of aryl methyl sites for hydroxylation is 1. The summed E-state index contributed by atoms with van der Waals surface area (Å²) in [5.41, 5.74) is 14.1. The molecule has 2 aliphatic heterocycles. The first-order valence-corrected chi connectivity index (χ1v) is 15.5. The van der Waals surface area contributed by atoms with Gasteiger partial charge in [-0.3, -0.25) is 26.0 Å². The number of rotatable bonds is 7. The van der Waals surface area contributed by atoms with Gasteiger partial charge in [-0.05, 0) is 82.3 Å². The van der Waals surface area contributed by atoms with Crippen LogP contribution in [0.25, 0.3) is 0 Å². The third-order valence-corrected chi connectivity index (χ3v) is 11.5. The Kier molecular flexibility index (Phi) is 7.08. The van der Waals surface area contributed by atoms with Gasteiger partial charge in [-0.25, -0.2) is 15.3 Å². The van der Waals surface area contributed by atoms with Gasteiger partial charge in [0.1, 0.15) is 33.3 Å². The minimum Gasteiger partial charge on any atom is -0.351 e. The van der Waals surface area contributed by atoms with E-state index < -0.39 is 5.72 Å². The molecule has 1 fully saturated rings. The molecule has 0 bridgehead atoms. The average molecular weight is 810 g/mol. The summed E-state index contributed by atoms with van der Waals surface area (Å²) in [6.07, 6.45) is 1.22. The number of imidazole rings is 1. The molecule has 0 saturated heterocycles.